The van der Waals surface area contributed by atoms with Crippen LogP contribution >= 0.6 is 0 Å². The van der Waals surface area contributed by atoms with Crippen molar-refractivity contribution in [3.05, 3.63) is 35.9 Å². The number of urea groups is 1. The molecule has 1 aliphatic rings. The third-order valence-corrected chi connectivity index (χ3v) is 4.65. The molecule has 1 aromatic carbocycles. The van der Waals surface area contributed by atoms with E-state index in [9.17, 15) is 9.90 Å². The zero-order valence-electron chi connectivity index (χ0n) is 14.2. The van der Waals surface area contributed by atoms with Gasteiger partial charge in [0.25, 0.3) is 0 Å². The minimum Gasteiger partial charge on any atom is -0.396 e. The lowest BCUT2D eigenvalue weighted by Crippen LogP contribution is -2.47. The molecule has 1 aliphatic heterocycles. The van der Waals surface area contributed by atoms with Gasteiger partial charge in [-0.15, -0.1) is 0 Å². The first-order chi connectivity index (χ1) is 11.1. The van der Waals surface area contributed by atoms with Gasteiger partial charge in [0.1, 0.15) is 0 Å². The summed E-state index contributed by atoms with van der Waals surface area (Å²) in [5.74, 6) is 0.0366. The Kier molecular flexibility index (Phi) is 6.86. The fraction of sp³-hybridized carbons (Fsp3) is 0.611. The minimum absolute atomic E-state index is 0.0223. The van der Waals surface area contributed by atoms with Crippen LogP contribution in [0.25, 0.3) is 0 Å². The molecule has 3 N–H and O–H groups in total. The van der Waals surface area contributed by atoms with Crippen LogP contribution in [-0.4, -0.2) is 48.3 Å². The lowest BCUT2D eigenvalue weighted by Gasteiger charge is -2.26. The van der Waals surface area contributed by atoms with Crippen LogP contribution in [0.3, 0.4) is 0 Å². The van der Waals surface area contributed by atoms with Gasteiger partial charge in [-0.3, -0.25) is 0 Å². The van der Waals surface area contributed by atoms with E-state index >= 15 is 0 Å². The average molecular weight is 319 g/mol. The van der Waals surface area contributed by atoms with E-state index in [2.05, 4.69) is 27.7 Å². The molecule has 1 fully saturated rings. The first kappa shape index (κ1) is 17.8. The quantitative estimate of drug-likeness (QED) is 0.721. The summed E-state index contributed by atoms with van der Waals surface area (Å²) in [6.45, 7) is 6.94. The molecular formula is C18H29N3O2. The zero-order valence-corrected chi connectivity index (χ0v) is 14.2. The van der Waals surface area contributed by atoms with Crippen LogP contribution < -0.4 is 10.6 Å². The van der Waals surface area contributed by atoms with Gasteiger partial charge in [-0.1, -0.05) is 37.3 Å². The van der Waals surface area contributed by atoms with Gasteiger partial charge in [-0.25, -0.2) is 4.79 Å². The van der Waals surface area contributed by atoms with Crippen LogP contribution in [-0.2, 0) is 0 Å². The number of nitrogens with one attached hydrogen (secondary N) is 2. The maximum absolute atomic E-state index is 12.3. The highest BCUT2D eigenvalue weighted by atomic mass is 16.3. The maximum Gasteiger partial charge on any atom is 0.315 e. The second-order valence-corrected chi connectivity index (χ2v) is 6.54. The molecule has 0 aromatic heterocycles. The van der Waals surface area contributed by atoms with Crippen molar-refractivity contribution in [1.29, 1.82) is 0 Å². The second-order valence-electron chi connectivity index (χ2n) is 6.54. The lowest BCUT2D eigenvalue weighted by molar-refractivity contribution is 0.197. The summed E-state index contributed by atoms with van der Waals surface area (Å²) in [6, 6.07) is 9.84. The molecule has 0 saturated carbocycles. The number of aliphatic hydroxyl groups excluding tert-OH is 1. The Hall–Kier alpha value is -1.59. The van der Waals surface area contributed by atoms with Crippen molar-refractivity contribution in [2.24, 2.45) is 5.92 Å². The van der Waals surface area contributed by atoms with Gasteiger partial charge in [-0.2, -0.15) is 0 Å². The maximum atomic E-state index is 12.3. The number of benzene rings is 1. The van der Waals surface area contributed by atoms with Crippen LogP contribution in [0.15, 0.2) is 30.3 Å². The number of nitrogens with zero attached hydrogens (tertiary/aromatic N) is 1. The third kappa shape index (κ3) is 5.52. The summed E-state index contributed by atoms with van der Waals surface area (Å²) in [4.78, 5) is 14.7. The number of carbonyl (C=O) groups is 1. The Morgan fingerprint density at radius 1 is 1.17 bits per heavy atom. The van der Waals surface area contributed by atoms with E-state index < -0.39 is 0 Å². The standard InChI is InChI=1S/C18H29N3O2/c1-14(13-22)15(2)19-18(23)20-17(12-21-10-6-7-11-21)16-8-4-3-5-9-16/h3-5,8-9,14-15,17,22H,6-7,10-13H2,1-2H3,(H2,19,20,23). The molecule has 0 bridgehead atoms. The number of aliphatic hydroxyl groups is 1. The van der Waals surface area contributed by atoms with Gasteiger partial charge in [0, 0.05) is 19.2 Å². The van der Waals surface area contributed by atoms with E-state index in [1.807, 2.05) is 32.0 Å². The normalized spacial score (nSPS) is 19.1. The Labute approximate surface area is 139 Å². The zero-order chi connectivity index (χ0) is 16.7. The molecule has 128 valence electrons. The van der Waals surface area contributed by atoms with Gasteiger partial charge in [0.2, 0.25) is 0 Å². The Bertz CT molecular complexity index is 474. The number of rotatable bonds is 7. The topological polar surface area (TPSA) is 64.6 Å². The molecule has 5 nitrogen and oxygen atoms in total. The van der Waals surface area contributed by atoms with E-state index in [-0.39, 0.29) is 30.6 Å². The largest absolute Gasteiger partial charge is 0.396 e. The number of hydrogen-bond donors (Lipinski definition) is 3. The summed E-state index contributed by atoms with van der Waals surface area (Å²) in [6.07, 6.45) is 2.47. The molecule has 0 spiro atoms. The highest BCUT2D eigenvalue weighted by Gasteiger charge is 2.22. The predicted molar refractivity (Wildman–Crippen MR) is 92.2 cm³/mol. The summed E-state index contributed by atoms with van der Waals surface area (Å²) >= 11 is 0. The summed E-state index contributed by atoms with van der Waals surface area (Å²) < 4.78 is 0. The van der Waals surface area contributed by atoms with E-state index in [1.165, 1.54) is 12.8 Å². The van der Waals surface area contributed by atoms with Crippen LogP contribution in [0.5, 0.6) is 0 Å². The van der Waals surface area contributed by atoms with Crippen LogP contribution in [0.1, 0.15) is 38.3 Å². The molecule has 5 heteroatoms. The van der Waals surface area contributed by atoms with Crippen molar-refractivity contribution in [2.75, 3.05) is 26.2 Å². The van der Waals surface area contributed by atoms with E-state index in [4.69, 9.17) is 0 Å². The minimum atomic E-state index is -0.175. The van der Waals surface area contributed by atoms with Crippen LogP contribution in [0.2, 0.25) is 0 Å². The molecule has 3 atom stereocenters. The smallest absolute Gasteiger partial charge is 0.315 e. The lowest BCUT2D eigenvalue weighted by atomic mass is 10.1. The van der Waals surface area contributed by atoms with Crippen molar-refractivity contribution in [1.82, 2.24) is 15.5 Å². The van der Waals surface area contributed by atoms with E-state index in [1.54, 1.807) is 0 Å². The average Bonchev–Trinajstić information content (AvgIpc) is 3.07. The van der Waals surface area contributed by atoms with Gasteiger partial charge < -0.3 is 20.6 Å². The Morgan fingerprint density at radius 3 is 2.43 bits per heavy atom. The fourth-order valence-corrected chi connectivity index (χ4v) is 2.85. The molecule has 0 aliphatic carbocycles. The third-order valence-electron chi connectivity index (χ3n) is 4.65. The number of carbonyl (C=O) groups excluding carboxylic acids is 1. The summed E-state index contributed by atoms with van der Waals surface area (Å²) in [7, 11) is 0. The Balaban J connectivity index is 1.97. The highest BCUT2D eigenvalue weighted by Crippen LogP contribution is 2.17. The molecular weight excluding hydrogens is 290 g/mol. The fourth-order valence-electron chi connectivity index (χ4n) is 2.85. The van der Waals surface area contributed by atoms with Crippen molar-refractivity contribution >= 4 is 6.03 Å². The molecule has 23 heavy (non-hydrogen) atoms. The number of likely N-dealkylation sites (tertiary alicyclic amines) is 1. The number of amides is 2. The number of hydrogen-bond acceptors (Lipinski definition) is 3. The van der Waals surface area contributed by atoms with Crippen LogP contribution in [0, 0.1) is 5.92 Å². The van der Waals surface area contributed by atoms with Crippen LogP contribution in [0.4, 0.5) is 4.79 Å². The van der Waals surface area contributed by atoms with Crippen molar-refractivity contribution in [2.45, 2.75) is 38.8 Å². The first-order valence-corrected chi connectivity index (χ1v) is 8.55. The molecule has 0 radical (unpaired) electrons. The predicted octanol–water partition coefficient (Wildman–Crippen LogP) is 2.14. The summed E-state index contributed by atoms with van der Waals surface area (Å²) in [5.41, 5.74) is 1.12. The molecule has 3 unspecified atom stereocenters. The second kappa shape index (κ2) is 8.89. The molecule has 1 heterocycles. The summed E-state index contributed by atoms with van der Waals surface area (Å²) in [5, 5.41) is 15.2. The van der Waals surface area contributed by atoms with E-state index in [0.29, 0.717) is 0 Å². The van der Waals surface area contributed by atoms with Crippen molar-refractivity contribution < 1.29 is 9.90 Å². The van der Waals surface area contributed by atoms with Crippen molar-refractivity contribution in [3.8, 4) is 0 Å². The highest BCUT2D eigenvalue weighted by molar-refractivity contribution is 5.74. The molecule has 2 amide bonds. The Morgan fingerprint density at radius 2 is 1.83 bits per heavy atom. The van der Waals surface area contributed by atoms with Gasteiger partial charge in [0.15, 0.2) is 0 Å². The van der Waals surface area contributed by atoms with E-state index in [0.717, 1.165) is 25.2 Å². The van der Waals surface area contributed by atoms with Gasteiger partial charge in [0.05, 0.1) is 6.04 Å². The van der Waals surface area contributed by atoms with Gasteiger partial charge in [-0.05, 0) is 44.3 Å². The SMILES string of the molecule is CC(CO)C(C)NC(=O)NC(CN1CCCC1)c1ccccc1. The van der Waals surface area contributed by atoms with Gasteiger partial charge >= 0.3 is 6.03 Å². The molecule has 1 saturated heterocycles. The van der Waals surface area contributed by atoms with Crippen molar-refractivity contribution in [3.63, 3.8) is 0 Å². The molecule has 2 rings (SSSR count). The first-order valence-electron chi connectivity index (χ1n) is 8.55. The molecule has 1 aromatic rings. The monoisotopic (exact) mass is 319 g/mol.